The van der Waals surface area contributed by atoms with Crippen LogP contribution in [0.15, 0.2) is 28.7 Å². The van der Waals surface area contributed by atoms with Crippen LogP contribution in [0.1, 0.15) is 24.4 Å². The van der Waals surface area contributed by atoms with Gasteiger partial charge in [0.25, 0.3) is 0 Å². The predicted molar refractivity (Wildman–Crippen MR) is 77.3 cm³/mol. The molecule has 0 spiro atoms. The molecule has 100 valence electrons. The van der Waals surface area contributed by atoms with Crippen molar-refractivity contribution in [2.75, 3.05) is 26.2 Å². The summed E-state index contributed by atoms with van der Waals surface area (Å²) in [5.41, 5.74) is 7.22. The van der Waals surface area contributed by atoms with Gasteiger partial charge in [-0.2, -0.15) is 0 Å². The molecular weight excluding hydrogens is 292 g/mol. The lowest BCUT2D eigenvalue weighted by atomic mass is 9.95. The van der Waals surface area contributed by atoms with Gasteiger partial charge in [-0.15, -0.1) is 0 Å². The Labute approximate surface area is 117 Å². The zero-order chi connectivity index (χ0) is 13.0. The largest absolute Gasteiger partial charge is 0.396 e. The van der Waals surface area contributed by atoms with Crippen LogP contribution in [0.4, 0.5) is 0 Å². The Bertz CT molecular complexity index is 361. The van der Waals surface area contributed by atoms with Gasteiger partial charge < -0.3 is 10.8 Å². The zero-order valence-corrected chi connectivity index (χ0v) is 12.1. The minimum absolute atomic E-state index is 0.303. The third kappa shape index (κ3) is 3.32. The van der Waals surface area contributed by atoms with Crippen LogP contribution in [0.2, 0.25) is 0 Å². The van der Waals surface area contributed by atoms with Crippen LogP contribution in [0, 0.1) is 5.92 Å². The quantitative estimate of drug-likeness (QED) is 0.895. The molecule has 1 atom stereocenters. The molecule has 2 rings (SSSR count). The van der Waals surface area contributed by atoms with E-state index in [-0.39, 0.29) is 0 Å². The van der Waals surface area contributed by atoms with E-state index in [2.05, 4.69) is 45.1 Å². The van der Waals surface area contributed by atoms with E-state index in [1.807, 2.05) is 0 Å². The Hall–Kier alpha value is -0.420. The first-order chi connectivity index (χ1) is 8.74. The maximum atomic E-state index is 9.17. The molecule has 0 aromatic heterocycles. The Balaban J connectivity index is 2.03. The van der Waals surface area contributed by atoms with Crippen LogP contribution in [0.5, 0.6) is 0 Å². The Morgan fingerprint density at radius 3 is 2.39 bits per heavy atom. The fraction of sp³-hybridized carbons (Fsp3) is 0.571. The smallest absolute Gasteiger partial charge is 0.0470 e. The summed E-state index contributed by atoms with van der Waals surface area (Å²) in [6.07, 6.45) is 2.15. The van der Waals surface area contributed by atoms with Crippen LogP contribution < -0.4 is 5.73 Å². The van der Waals surface area contributed by atoms with Crippen molar-refractivity contribution >= 4 is 15.9 Å². The minimum atomic E-state index is 0.303. The molecule has 0 bridgehead atoms. The molecule has 3 nitrogen and oxygen atoms in total. The number of rotatable bonds is 4. The molecule has 1 heterocycles. The van der Waals surface area contributed by atoms with Gasteiger partial charge in [-0.25, -0.2) is 0 Å². The van der Waals surface area contributed by atoms with E-state index in [0.717, 1.165) is 30.4 Å². The van der Waals surface area contributed by atoms with Gasteiger partial charge in [-0.3, -0.25) is 4.90 Å². The molecular formula is C14H21BrN2O. The first kappa shape index (κ1) is 14.0. The van der Waals surface area contributed by atoms with Gasteiger partial charge in [0.2, 0.25) is 0 Å². The number of likely N-dealkylation sites (tertiary alicyclic amines) is 1. The average Bonchev–Trinajstić information content (AvgIpc) is 2.42. The lowest BCUT2D eigenvalue weighted by Crippen LogP contribution is -2.40. The summed E-state index contributed by atoms with van der Waals surface area (Å²) < 4.78 is 1.10. The Morgan fingerprint density at radius 2 is 1.89 bits per heavy atom. The lowest BCUT2D eigenvalue weighted by Gasteiger charge is -2.37. The van der Waals surface area contributed by atoms with Gasteiger partial charge >= 0.3 is 0 Å². The highest BCUT2D eigenvalue weighted by Crippen LogP contribution is 2.26. The standard InChI is InChI=1S/C14H21BrN2O/c15-13-3-1-12(2-4-13)14(9-16)17-7-5-11(10-18)6-8-17/h1-4,11,14,18H,5-10,16H2. The van der Waals surface area contributed by atoms with E-state index in [9.17, 15) is 5.11 Å². The van der Waals surface area contributed by atoms with Crippen molar-refractivity contribution < 1.29 is 5.11 Å². The van der Waals surface area contributed by atoms with Crippen LogP contribution in [0.25, 0.3) is 0 Å². The van der Waals surface area contributed by atoms with Crippen LogP contribution in [-0.4, -0.2) is 36.2 Å². The van der Waals surface area contributed by atoms with Gasteiger partial charge in [0.1, 0.15) is 0 Å². The van der Waals surface area contributed by atoms with Gasteiger partial charge in [0, 0.05) is 23.7 Å². The fourth-order valence-electron chi connectivity index (χ4n) is 2.63. The summed E-state index contributed by atoms with van der Waals surface area (Å²) >= 11 is 3.46. The summed E-state index contributed by atoms with van der Waals surface area (Å²) in [6.45, 7) is 3.02. The van der Waals surface area contributed by atoms with Gasteiger partial charge in [-0.05, 0) is 49.5 Å². The molecule has 1 aromatic carbocycles. The Morgan fingerprint density at radius 1 is 1.28 bits per heavy atom. The summed E-state index contributed by atoms with van der Waals surface area (Å²) in [7, 11) is 0. The van der Waals surface area contributed by atoms with Crippen molar-refractivity contribution in [3.05, 3.63) is 34.3 Å². The molecule has 1 aromatic rings. The molecule has 4 heteroatoms. The number of halogens is 1. The molecule has 3 N–H and O–H groups in total. The van der Waals surface area contributed by atoms with E-state index in [0.29, 0.717) is 25.1 Å². The molecule has 0 radical (unpaired) electrons. The number of hydrogen-bond acceptors (Lipinski definition) is 3. The number of nitrogens with zero attached hydrogens (tertiary/aromatic N) is 1. The summed E-state index contributed by atoms with van der Waals surface area (Å²) in [4.78, 5) is 2.44. The molecule has 1 saturated heterocycles. The predicted octanol–water partition coefficient (Wildman–Crippen LogP) is 2.15. The second-order valence-electron chi connectivity index (χ2n) is 4.96. The highest BCUT2D eigenvalue weighted by atomic mass is 79.9. The van der Waals surface area contributed by atoms with Gasteiger partial charge in [0.15, 0.2) is 0 Å². The van der Waals surface area contributed by atoms with Gasteiger partial charge in [0.05, 0.1) is 0 Å². The van der Waals surface area contributed by atoms with E-state index in [1.165, 1.54) is 5.56 Å². The summed E-state index contributed by atoms with van der Waals surface area (Å²) in [6, 6.07) is 8.72. The van der Waals surface area contributed by atoms with Crippen molar-refractivity contribution in [2.24, 2.45) is 11.7 Å². The first-order valence-corrected chi connectivity index (χ1v) is 7.34. The molecule has 0 saturated carbocycles. The maximum absolute atomic E-state index is 9.17. The van der Waals surface area contributed by atoms with Crippen molar-refractivity contribution in [3.63, 3.8) is 0 Å². The van der Waals surface area contributed by atoms with Crippen molar-refractivity contribution in [1.29, 1.82) is 0 Å². The number of aliphatic hydroxyl groups is 1. The molecule has 18 heavy (non-hydrogen) atoms. The normalized spacial score (nSPS) is 19.9. The maximum Gasteiger partial charge on any atom is 0.0470 e. The van der Waals surface area contributed by atoms with E-state index >= 15 is 0 Å². The topological polar surface area (TPSA) is 49.5 Å². The summed E-state index contributed by atoms with van der Waals surface area (Å²) in [5.74, 6) is 0.476. The average molecular weight is 313 g/mol. The third-order valence-electron chi connectivity index (χ3n) is 3.83. The SMILES string of the molecule is NCC(c1ccc(Br)cc1)N1CCC(CO)CC1. The second kappa shape index (κ2) is 6.66. The highest BCUT2D eigenvalue weighted by Gasteiger charge is 2.24. The number of hydrogen-bond donors (Lipinski definition) is 2. The summed E-state index contributed by atoms with van der Waals surface area (Å²) in [5, 5.41) is 9.17. The van der Waals surface area contributed by atoms with Crippen LogP contribution in [-0.2, 0) is 0 Å². The third-order valence-corrected chi connectivity index (χ3v) is 4.35. The van der Waals surface area contributed by atoms with Gasteiger partial charge in [-0.1, -0.05) is 28.1 Å². The van der Waals surface area contributed by atoms with E-state index in [1.54, 1.807) is 0 Å². The lowest BCUT2D eigenvalue weighted by molar-refractivity contribution is 0.102. The van der Waals surface area contributed by atoms with E-state index < -0.39 is 0 Å². The molecule has 0 aliphatic carbocycles. The van der Waals surface area contributed by atoms with Crippen molar-refractivity contribution in [1.82, 2.24) is 4.90 Å². The molecule has 1 unspecified atom stereocenters. The highest BCUT2D eigenvalue weighted by molar-refractivity contribution is 9.10. The second-order valence-corrected chi connectivity index (χ2v) is 5.88. The first-order valence-electron chi connectivity index (χ1n) is 6.55. The fourth-order valence-corrected chi connectivity index (χ4v) is 2.89. The minimum Gasteiger partial charge on any atom is -0.396 e. The number of nitrogens with two attached hydrogens (primary N) is 1. The van der Waals surface area contributed by atoms with E-state index in [4.69, 9.17) is 5.73 Å². The zero-order valence-electron chi connectivity index (χ0n) is 10.6. The Kier molecular flexibility index (Phi) is 5.18. The number of aliphatic hydroxyl groups excluding tert-OH is 1. The molecule has 0 amide bonds. The number of piperidine rings is 1. The molecule has 1 fully saturated rings. The monoisotopic (exact) mass is 312 g/mol. The number of benzene rings is 1. The van der Waals surface area contributed by atoms with Crippen molar-refractivity contribution in [3.8, 4) is 0 Å². The van der Waals surface area contributed by atoms with Crippen molar-refractivity contribution in [2.45, 2.75) is 18.9 Å². The molecule has 1 aliphatic heterocycles. The molecule has 1 aliphatic rings. The van der Waals surface area contributed by atoms with Crippen LogP contribution >= 0.6 is 15.9 Å². The van der Waals surface area contributed by atoms with Crippen LogP contribution in [0.3, 0.4) is 0 Å².